The average molecular weight is 336 g/mol. The molecule has 0 aliphatic carbocycles. The summed E-state index contributed by atoms with van der Waals surface area (Å²) in [5.74, 6) is -0.756. The van der Waals surface area contributed by atoms with Crippen molar-refractivity contribution >= 4 is 15.7 Å². The quantitative estimate of drug-likeness (QED) is 0.807. The van der Waals surface area contributed by atoms with Crippen LogP contribution in [-0.2, 0) is 20.4 Å². The van der Waals surface area contributed by atoms with Gasteiger partial charge in [0.25, 0.3) is 0 Å². The molecule has 7 heteroatoms. The minimum absolute atomic E-state index is 0.201. The lowest BCUT2D eigenvalue weighted by molar-refractivity contribution is -0.129. The maximum absolute atomic E-state index is 12.3. The lowest BCUT2D eigenvalue weighted by Crippen LogP contribution is -2.34. The smallest absolute Gasteiger partial charge is 0.238 e. The van der Waals surface area contributed by atoms with Gasteiger partial charge in [0.1, 0.15) is 11.5 Å². The Labute approximate surface area is 136 Å². The molecule has 0 spiro atoms. The summed E-state index contributed by atoms with van der Waals surface area (Å²) >= 11 is 0. The molecule has 0 radical (unpaired) electrons. The molecule has 6 nitrogen and oxygen atoms in total. The second-order valence-corrected chi connectivity index (χ2v) is 7.62. The van der Waals surface area contributed by atoms with Gasteiger partial charge in [-0.2, -0.15) is 0 Å². The van der Waals surface area contributed by atoms with Gasteiger partial charge < -0.3 is 9.42 Å². The second-order valence-electron chi connectivity index (χ2n) is 5.55. The average Bonchev–Trinajstić information content (AvgIpc) is 2.90. The molecule has 0 aliphatic heterocycles. The van der Waals surface area contributed by atoms with Crippen molar-refractivity contribution in [1.29, 1.82) is 0 Å². The highest BCUT2D eigenvalue weighted by Crippen LogP contribution is 2.19. The van der Waals surface area contributed by atoms with E-state index in [9.17, 15) is 13.2 Å². The van der Waals surface area contributed by atoms with Crippen molar-refractivity contribution in [2.75, 3.05) is 12.8 Å². The van der Waals surface area contributed by atoms with Crippen molar-refractivity contribution in [2.24, 2.45) is 0 Å². The number of sulfone groups is 1. The Morgan fingerprint density at radius 1 is 1.30 bits per heavy atom. The Morgan fingerprint density at radius 3 is 2.52 bits per heavy atom. The van der Waals surface area contributed by atoms with Gasteiger partial charge in [-0.1, -0.05) is 35.5 Å². The maximum atomic E-state index is 12.3. The molecule has 124 valence electrons. The number of amides is 1. The minimum Gasteiger partial charge on any atom is -0.361 e. The van der Waals surface area contributed by atoms with Gasteiger partial charge in [-0.15, -0.1) is 0 Å². The van der Waals surface area contributed by atoms with E-state index in [2.05, 4.69) is 5.16 Å². The molecule has 2 aromatic rings. The first-order valence-electron chi connectivity index (χ1n) is 7.22. The number of nitrogens with zero attached hydrogens (tertiary/aromatic N) is 2. The van der Waals surface area contributed by atoms with E-state index in [0.717, 1.165) is 5.56 Å². The van der Waals surface area contributed by atoms with Crippen LogP contribution in [0.5, 0.6) is 0 Å². The van der Waals surface area contributed by atoms with E-state index in [-0.39, 0.29) is 11.8 Å². The first-order valence-corrected chi connectivity index (χ1v) is 9.04. The molecule has 2 rings (SSSR count). The monoisotopic (exact) mass is 336 g/mol. The lowest BCUT2D eigenvalue weighted by atomic mass is 10.1. The zero-order valence-electron chi connectivity index (χ0n) is 13.4. The number of carbonyl (C=O) groups excluding carboxylic acids is 1. The van der Waals surface area contributed by atoms with Gasteiger partial charge in [-0.3, -0.25) is 4.79 Å². The number of rotatable bonds is 6. The topological polar surface area (TPSA) is 80.5 Å². The van der Waals surface area contributed by atoms with Gasteiger partial charge >= 0.3 is 0 Å². The number of aromatic nitrogens is 1. The Kier molecular flexibility index (Phi) is 5.20. The van der Waals surface area contributed by atoms with Crippen LogP contribution in [0.2, 0.25) is 0 Å². The third-order valence-electron chi connectivity index (χ3n) is 3.64. The van der Waals surface area contributed by atoms with Gasteiger partial charge in [-0.05, 0) is 19.4 Å². The molecule has 1 aromatic carbocycles. The summed E-state index contributed by atoms with van der Waals surface area (Å²) in [6.07, 6.45) is 0. The summed E-state index contributed by atoms with van der Waals surface area (Å²) in [5.41, 5.74) is 1.27. The fourth-order valence-electron chi connectivity index (χ4n) is 2.22. The fraction of sp³-hybridized carbons (Fsp3) is 0.375. The normalized spacial score (nSPS) is 12.8. The van der Waals surface area contributed by atoms with Crippen LogP contribution in [-0.4, -0.2) is 37.2 Å². The van der Waals surface area contributed by atoms with Crippen LogP contribution >= 0.6 is 0 Å². The molecule has 23 heavy (non-hydrogen) atoms. The summed E-state index contributed by atoms with van der Waals surface area (Å²) < 4.78 is 29.2. The van der Waals surface area contributed by atoms with E-state index in [0.29, 0.717) is 11.5 Å². The number of aryl methyl sites for hydroxylation is 1. The molecule has 1 amide bonds. The van der Waals surface area contributed by atoms with Crippen LogP contribution in [0.3, 0.4) is 0 Å². The van der Waals surface area contributed by atoms with Crippen LogP contribution in [0.25, 0.3) is 0 Å². The van der Waals surface area contributed by atoms with Gasteiger partial charge in [-0.25, -0.2) is 8.42 Å². The van der Waals surface area contributed by atoms with Crippen molar-refractivity contribution in [3.63, 3.8) is 0 Å². The largest absolute Gasteiger partial charge is 0.361 e. The van der Waals surface area contributed by atoms with Crippen LogP contribution in [0.15, 0.2) is 40.9 Å². The molecule has 0 N–H and O–H groups in total. The maximum Gasteiger partial charge on any atom is 0.238 e. The number of carbonyl (C=O) groups is 1. The Bertz CT molecular complexity index is 768. The Balaban J connectivity index is 2.02. The lowest BCUT2D eigenvalue weighted by Gasteiger charge is -2.25. The predicted molar refractivity (Wildman–Crippen MR) is 86.4 cm³/mol. The van der Waals surface area contributed by atoms with Crippen molar-refractivity contribution in [2.45, 2.75) is 25.6 Å². The SMILES string of the molecule is Cc1cc(CS(=O)(=O)CC(=O)N(C)C(C)c2ccccc2)no1. The predicted octanol–water partition coefficient (Wildman–Crippen LogP) is 2.12. The van der Waals surface area contributed by atoms with Crippen LogP contribution in [0.4, 0.5) is 0 Å². The molecule has 1 atom stereocenters. The summed E-state index contributed by atoms with van der Waals surface area (Å²) in [4.78, 5) is 13.7. The molecule has 1 unspecified atom stereocenters. The zero-order chi connectivity index (χ0) is 17.0. The van der Waals surface area contributed by atoms with Gasteiger partial charge in [0.15, 0.2) is 9.84 Å². The first-order chi connectivity index (χ1) is 10.8. The van der Waals surface area contributed by atoms with Gasteiger partial charge in [0.05, 0.1) is 17.5 Å². The third-order valence-corrected chi connectivity index (χ3v) is 5.07. The highest BCUT2D eigenvalue weighted by Gasteiger charge is 2.24. The van der Waals surface area contributed by atoms with E-state index < -0.39 is 21.5 Å². The number of hydrogen-bond donors (Lipinski definition) is 0. The molecular weight excluding hydrogens is 316 g/mol. The molecule has 0 saturated heterocycles. The minimum atomic E-state index is -3.59. The van der Waals surface area contributed by atoms with E-state index in [1.165, 1.54) is 4.90 Å². The first kappa shape index (κ1) is 17.2. The number of benzene rings is 1. The standard InChI is InChI=1S/C16H20N2O4S/c1-12-9-15(17-22-12)10-23(20,21)11-16(19)18(3)13(2)14-7-5-4-6-8-14/h4-9,13H,10-11H2,1-3H3. The van der Waals surface area contributed by atoms with Gasteiger partial charge in [0, 0.05) is 13.1 Å². The third kappa shape index (κ3) is 4.66. The number of hydrogen-bond acceptors (Lipinski definition) is 5. The van der Waals surface area contributed by atoms with Crippen LogP contribution < -0.4 is 0 Å². The zero-order valence-corrected chi connectivity index (χ0v) is 14.2. The molecular formula is C16H20N2O4S. The van der Waals surface area contributed by atoms with Crippen molar-refractivity contribution < 1.29 is 17.7 Å². The van der Waals surface area contributed by atoms with Crippen LogP contribution in [0, 0.1) is 6.92 Å². The molecule has 0 aliphatic rings. The van der Waals surface area contributed by atoms with Gasteiger partial charge in [0.2, 0.25) is 5.91 Å². The summed E-state index contributed by atoms with van der Waals surface area (Å²) in [6, 6.07) is 10.8. The molecule has 0 fully saturated rings. The van der Waals surface area contributed by atoms with Crippen molar-refractivity contribution in [3.05, 3.63) is 53.4 Å². The van der Waals surface area contributed by atoms with E-state index in [1.807, 2.05) is 37.3 Å². The Hall–Kier alpha value is -2.15. The highest BCUT2D eigenvalue weighted by atomic mass is 32.2. The fourth-order valence-corrected chi connectivity index (χ4v) is 3.49. The summed E-state index contributed by atoms with van der Waals surface area (Å²) in [5, 5.41) is 3.66. The van der Waals surface area contributed by atoms with E-state index in [1.54, 1.807) is 20.0 Å². The molecule has 1 heterocycles. The second kappa shape index (κ2) is 6.95. The molecule has 0 bridgehead atoms. The summed E-state index contributed by atoms with van der Waals surface area (Å²) in [6.45, 7) is 3.55. The van der Waals surface area contributed by atoms with Crippen molar-refractivity contribution in [1.82, 2.24) is 10.1 Å². The van der Waals surface area contributed by atoms with Crippen molar-refractivity contribution in [3.8, 4) is 0 Å². The van der Waals surface area contributed by atoms with E-state index >= 15 is 0 Å². The summed E-state index contributed by atoms with van der Waals surface area (Å²) in [7, 11) is -1.99. The highest BCUT2D eigenvalue weighted by molar-refractivity contribution is 7.91. The molecule has 0 saturated carbocycles. The Morgan fingerprint density at radius 2 is 1.96 bits per heavy atom. The molecule has 1 aromatic heterocycles. The van der Waals surface area contributed by atoms with E-state index in [4.69, 9.17) is 4.52 Å². The van der Waals surface area contributed by atoms with Crippen LogP contribution in [0.1, 0.15) is 30.0 Å².